The van der Waals surface area contributed by atoms with Gasteiger partial charge in [0.2, 0.25) is 5.91 Å². The average molecular weight is 241 g/mol. The first-order valence-electron chi connectivity index (χ1n) is 6.69. The first-order chi connectivity index (χ1) is 8.14. The third-order valence-electron chi connectivity index (χ3n) is 4.03. The van der Waals surface area contributed by atoms with E-state index >= 15 is 0 Å². The van der Waals surface area contributed by atoms with E-state index in [0.717, 1.165) is 12.8 Å². The van der Waals surface area contributed by atoms with Crippen LogP contribution in [0, 0.1) is 0 Å². The van der Waals surface area contributed by atoms with Crippen LogP contribution in [0.3, 0.4) is 0 Å². The first-order valence-corrected chi connectivity index (χ1v) is 6.69. The van der Waals surface area contributed by atoms with Crippen molar-refractivity contribution in [3.05, 3.63) is 0 Å². The Morgan fingerprint density at radius 1 is 1.41 bits per heavy atom. The number of carbonyl (C=O) groups excluding carboxylic acids is 1. The fourth-order valence-electron chi connectivity index (χ4n) is 2.93. The van der Waals surface area contributed by atoms with Crippen LogP contribution < -0.4 is 0 Å². The largest absolute Gasteiger partial charge is 0.396 e. The Kier molecular flexibility index (Phi) is 4.05. The van der Waals surface area contributed by atoms with E-state index in [2.05, 4.69) is 0 Å². The van der Waals surface area contributed by atoms with Crippen molar-refractivity contribution in [2.45, 2.75) is 57.1 Å². The van der Waals surface area contributed by atoms with Gasteiger partial charge in [-0.3, -0.25) is 4.79 Å². The average Bonchev–Trinajstić information content (AvgIpc) is 2.34. The minimum absolute atomic E-state index is 0.114. The maximum Gasteiger partial charge on any atom is 0.248 e. The predicted molar refractivity (Wildman–Crippen MR) is 64.6 cm³/mol. The molecule has 1 N–H and O–H groups in total. The molecule has 0 radical (unpaired) electrons. The van der Waals surface area contributed by atoms with Gasteiger partial charge >= 0.3 is 0 Å². The van der Waals surface area contributed by atoms with Crippen LogP contribution in [0.15, 0.2) is 0 Å². The zero-order valence-corrected chi connectivity index (χ0v) is 10.7. The van der Waals surface area contributed by atoms with Crippen molar-refractivity contribution < 1.29 is 14.6 Å². The molecule has 4 nitrogen and oxygen atoms in total. The molecule has 0 aromatic rings. The van der Waals surface area contributed by atoms with Crippen molar-refractivity contribution in [3.63, 3.8) is 0 Å². The van der Waals surface area contributed by atoms with Gasteiger partial charge < -0.3 is 14.7 Å². The number of amides is 1. The summed E-state index contributed by atoms with van der Waals surface area (Å²) in [6.45, 7) is 2.92. The smallest absolute Gasteiger partial charge is 0.248 e. The Morgan fingerprint density at radius 3 is 2.76 bits per heavy atom. The maximum atomic E-state index is 11.9. The van der Waals surface area contributed by atoms with Gasteiger partial charge in [-0.15, -0.1) is 0 Å². The molecule has 98 valence electrons. The van der Waals surface area contributed by atoms with Gasteiger partial charge in [-0.2, -0.15) is 0 Å². The molecule has 1 atom stereocenters. The zero-order valence-electron chi connectivity index (χ0n) is 10.7. The molecule has 1 unspecified atom stereocenters. The number of aliphatic hydroxyl groups excluding tert-OH is 1. The molecule has 2 rings (SSSR count). The second-order valence-corrected chi connectivity index (χ2v) is 5.53. The van der Waals surface area contributed by atoms with Crippen molar-refractivity contribution >= 4 is 5.91 Å². The summed E-state index contributed by atoms with van der Waals surface area (Å²) in [5.41, 5.74) is -0.361. The monoisotopic (exact) mass is 241 g/mol. The highest BCUT2D eigenvalue weighted by molar-refractivity contribution is 5.78. The molecular weight excluding hydrogens is 218 g/mol. The van der Waals surface area contributed by atoms with Crippen LogP contribution in [0.25, 0.3) is 0 Å². The summed E-state index contributed by atoms with van der Waals surface area (Å²) in [5.74, 6) is 0.118. The fraction of sp³-hybridized carbons (Fsp3) is 0.923. The molecule has 0 spiro atoms. The second kappa shape index (κ2) is 5.36. The van der Waals surface area contributed by atoms with Crippen molar-refractivity contribution in [1.29, 1.82) is 0 Å². The van der Waals surface area contributed by atoms with Gasteiger partial charge in [0, 0.05) is 25.6 Å². The lowest BCUT2D eigenvalue weighted by Gasteiger charge is -2.44. The Hall–Kier alpha value is -0.610. The van der Waals surface area contributed by atoms with E-state index in [1.165, 1.54) is 19.3 Å². The van der Waals surface area contributed by atoms with E-state index in [-0.39, 0.29) is 24.7 Å². The number of morpholine rings is 1. The molecule has 17 heavy (non-hydrogen) atoms. The van der Waals surface area contributed by atoms with Crippen LogP contribution in [0.1, 0.15) is 45.4 Å². The highest BCUT2D eigenvalue weighted by Crippen LogP contribution is 2.29. The van der Waals surface area contributed by atoms with Gasteiger partial charge in [0.15, 0.2) is 0 Å². The second-order valence-electron chi connectivity index (χ2n) is 5.53. The van der Waals surface area contributed by atoms with Crippen LogP contribution >= 0.6 is 0 Å². The minimum Gasteiger partial charge on any atom is -0.396 e. The topological polar surface area (TPSA) is 49.8 Å². The first kappa shape index (κ1) is 12.8. The summed E-state index contributed by atoms with van der Waals surface area (Å²) in [6.07, 6.45) is 6.60. The van der Waals surface area contributed by atoms with Gasteiger partial charge in [0.05, 0.1) is 5.60 Å². The summed E-state index contributed by atoms with van der Waals surface area (Å²) in [7, 11) is 0. The van der Waals surface area contributed by atoms with Crippen molar-refractivity contribution in [3.8, 4) is 0 Å². The number of aliphatic hydroxyl groups is 1. The number of ether oxygens (including phenoxy) is 1. The molecular formula is C13H23NO3. The van der Waals surface area contributed by atoms with E-state index in [0.29, 0.717) is 19.0 Å². The maximum absolute atomic E-state index is 11.9. The van der Waals surface area contributed by atoms with Crippen LogP contribution in [0.5, 0.6) is 0 Å². The Bertz CT molecular complexity index is 276. The Morgan fingerprint density at radius 2 is 2.12 bits per heavy atom. The third-order valence-corrected chi connectivity index (χ3v) is 4.03. The van der Waals surface area contributed by atoms with Crippen molar-refractivity contribution in [1.82, 2.24) is 4.90 Å². The lowest BCUT2D eigenvalue weighted by atomic mass is 9.91. The summed E-state index contributed by atoms with van der Waals surface area (Å²) >= 11 is 0. The number of hydrogen-bond donors (Lipinski definition) is 1. The summed E-state index contributed by atoms with van der Waals surface area (Å²) in [5, 5.41) is 9.06. The van der Waals surface area contributed by atoms with E-state index in [1.54, 1.807) is 0 Å². The summed E-state index contributed by atoms with van der Waals surface area (Å²) in [6, 6.07) is 0.401. The summed E-state index contributed by atoms with van der Waals surface area (Å²) in [4.78, 5) is 13.9. The van der Waals surface area contributed by atoms with Crippen molar-refractivity contribution in [2.24, 2.45) is 0 Å². The SMILES string of the molecule is CC1(CCO)CN(C2CCCCC2)C(=O)CO1. The normalized spacial score (nSPS) is 31.9. The van der Waals surface area contributed by atoms with Crippen LogP contribution in [-0.4, -0.2) is 47.3 Å². The van der Waals surface area contributed by atoms with Crippen molar-refractivity contribution in [2.75, 3.05) is 19.8 Å². The molecule has 2 fully saturated rings. The molecule has 1 aliphatic carbocycles. The standard InChI is InChI=1S/C13H23NO3/c1-13(7-8-15)10-14(12(16)9-17-13)11-5-3-2-4-6-11/h11,15H,2-10H2,1H3. The minimum atomic E-state index is -0.361. The number of carbonyl (C=O) groups is 1. The fourth-order valence-corrected chi connectivity index (χ4v) is 2.93. The van der Waals surface area contributed by atoms with Crippen LogP contribution in [-0.2, 0) is 9.53 Å². The molecule has 2 aliphatic rings. The van der Waals surface area contributed by atoms with E-state index in [1.807, 2.05) is 11.8 Å². The predicted octanol–water partition coefficient (Wildman–Crippen LogP) is 1.32. The van der Waals surface area contributed by atoms with E-state index in [9.17, 15) is 4.79 Å². The molecule has 0 aromatic carbocycles. The summed E-state index contributed by atoms with van der Waals surface area (Å²) < 4.78 is 5.59. The van der Waals surface area contributed by atoms with Crippen LogP contribution in [0.2, 0.25) is 0 Å². The Labute approximate surface area is 103 Å². The third kappa shape index (κ3) is 2.99. The van der Waals surface area contributed by atoms with E-state index < -0.39 is 0 Å². The van der Waals surface area contributed by atoms with Gasteiger partial charge in [-0.1, -0.05) is 19.3 Å². The zero-order chi connectivity index (χ0) is 12.3. The van der Waals surface area contributed by atoms with Crippen LogP contribution in [0.4, 0.5) is 0 Å². The molecule has 0 bridgehead atoms. The van der Waals surface area contributed by atoms with Gasteiger partial charge in [-0.05, 0) is 19.8 Å². The number of hydrogen-bond acceptors (Lipinski definition) is 3. The molecule has 4 heteroatoms. The number of rotatable bonds is 3. The lowest BCUT2D eigenvalue weighted by molar-refractivity contribution is -0.168. The molecule has 0 aromatic heterocycles. The highest BCUT2D eigenvalue weighted by Gasteiger charge is 2.38. The Balaban J connectivity index is 2.01. The highest BCUT2D eigenvalue weighted by atomic mass is 16.5. The molecule has 1 aliphatic heterocycles. The number of nitrogens with zero attached hydrogens (tertiary/aromatic N) is 1. The molecule has 1 heterocycles. The lowest BCUT2D eigenvalue weighted by Crippen LogP contribution is -2.57. The quantitative estimate of drug-likeness (QED) is 0.810. The van der Waals surface area contributed by atoms with Gasteiger partial charge in [0.1, 0.15) is 6.61 Å². The molecule has 1 saturated heterocycles. The van der Waals surface area contributed by atoms with Gasteiger partial charge in [-0.25, -0.2) is 0 Å². The van der Waals surface area contributed by atoms with Gasteiger partial charge in [0.25, 0.3) is 0 Å². The molecule has 1 saturated carbocycles. The van der Waals surface area contributed by atoms with E-state index in [4.69, 9.17) is 9.84 Å². The molecule has 1 amide bonds.